The van der Waals surface area contributed by atoms with Gasteiger partial charge >= 0.3 is 22.9 Å². The van der Waals surface area contributed by atoms with Gasteiger partial charge in [-0.15, -0.1) is 5.69 Å². The average Bonchev–Trinajstić information content (AvgIpc) is 2.89. The first-order valence-electron chi connectivity index (χ1n) is 9.52. The Balaban J connectivity index is 0.000000463. The molecule has 0 aliphatic carbocycles. The van der Waals surface area contributed by atoms with Gasteiger partial charge in [-0.05, 0) is 36.8 Å². The van der Waals surface area contributed by atoms with Crippen LogP contribution in [0.2, 0.25) is 0 Å². The number of halogens is 5. The molecule has 12 heteroatoms. The fourth-order valence-electron chi connectivity index (χ4n) is 2.73. The molecular formula is C23H16F5N3O2PdS. The normalized spacial score (nSPS) is 10.4. The maximum absolute atomic E-state index is 14.2. The van der Waals surface area contributed by atoms with Crippen molar-refractivity contribution >= 4 is 15.7 Å². The molecule has 5 nitrogen and oxygen atoms in total. The molecular weight excluding hydrogens is 584 g/mol. The van der Waals surface area contributed by atoms with Crippen molar-refractivity contribution in [3.8, 4) is 11.3 Å². The van der Waals surface area contributed by atoms with Crippen LogP contribution in [0, 0.1) is 30.2 Å². The van der Waals surface area contributed by atoms with Crippen LogP contribution in [0.25, 0.3) is 16.0 Å². The van der Waals surface area contributed by atoms with E-state index in [1.165, 1.54) is 44.1 Å². The quantitative estimate of drug-likeness (QED) is 0.116. The molecule has 2 aromatic heterocycles. The summed E-state index contributed by atoms with van der Waals surface area (Å²) in [6.07, 6.45) is 4.97. The van der Waals surface area contributed by atoms with Crippen LogP contribution in [-0.2, 0) is 29.7 Å². The van der Waals surface area contributed by atoms with Crippen LogP contribution in [0.4, 0.5) is 26.5 Å². The average molecular weight is 600 g/mol. The summed E-state index contributed by atoms with van der Waals surface area (Å²) in [5.74, 6) is -7.77. The monoisotopic (exact) mass is 599 g/mol. The number of nitrogens with zero attached hydrogens (tertiary/aromatic N) is 3. The third-order valence-corrected chi connectivity index (χ3v) is 5.64. The predicted octanol–water partition coefficient (Wildman–Crippen LogP) is 6.51. The Hall–Kier alpha value is -3.20. The Morgan fingerprint density at radius 2 is 1.34 bits per heavy atom. The summed E-state index contributed by atoms with van der Waals surface area (Å²) in [4.78, 5) is 6.22. The number of sulfonamides is 1. The number of hydrogen-bond donors (Lipinski definition) is 0. The summed E-state index contributed by atoms with van der Waals surface area (Å²) in [7, 11) is -5.03. The Morgan fingerprint density at radius 1 is 0.743 bits per heavy atom. The Bertz CT molecular complexity index is 1310. The molecule has 0 aliphatic rings. The fraction of sp³-hybridized carbons (Fsp3) is 0.0435. The molecule has 2 aromatic carbocycles. The molecule has 0 unspecified atom stereocenters. The third-order valence-electron chi connectivity index (χ3n) is 4.33. The largest absolute Gasteiger partial charge is 0.265 e. The first-order valence-corrected chi connectivity index (χ1v) is 11.5. The van der Waals surface area contributed by atoms with Gasteiger partial charge in [0, 0.05) is 24.2 Å². The van der Waals surface area contributed by atoms with Crippen molar-refractivity contribution in [1.29, 1.82) is 0 Å². The van der Waals surface area contributed by atoms with E-state index in [0.29, 0.717) is 5.69 Å². The molecule has 0 saturated heterocycles. The maximum atomic E-state index is 14.2. The number of benzene rings is 2. The third kappa shape index (κ3) is 6.91. The van der Waals surface area contributed by atoms with Crippen molar-refractivity contribution in [1.82, 2.24) is 9.97 Å². The first-order chi connectivity index (χ1) is 16.7. The second kappa shape index (κ2) is 13.0. The summed E-state index contributed by atoms with van der Waals surface area (Å²) >= 11 is 1.25. The molecule has 0 aliphatic heterocycles. The van der Waals surface area contributed by atoms with E-state index < -0.39 is 43.8 Å². The molecule has 0 bridgehead atoms. The van der Waals surface area contributed by atoms with Crippen molar-refractivity contribution in [2.75, 3.05) is 0 Å². The fourth-order valence-corrected chi connectivity index (χ4v) is 3.93. The summed E-state index contributed by atoms with van der Waals surface area (Å²) in [5, 5.41) is 0. The standard InChI is InChI=1S/C18H11F4N2O2S.C5H5N.FH.Pd/c1-10-14(19)16(21)17(22)18(15(10)20)27(25,26)24-13-8-3-2-6-11(13)12-7-4-5-9-23-12;1-2-4-6-5-3-1;;/h2-9H,1H3;1-5H;1H;/q-1;;;+2/p-1. The summed E-state index contributed by atoms with van der Waals surface area (Å²) in [5.41, 5.74) is -0.464. The van der Waals surface area contributed by atoms with Crippen LogP contribution in [0.1, 0.15) is 5.56 Å². The van der Waals surface area contributed by atoms with E-state index in [1.54, 1.807) is 36.7 Å². The second-order valence-electron chi connectivity index (χ2n) is 6.53. The maximum Gasteiger partial charge on any atom is 0.0267 e. The molecule has 0 amide bonds. The van der Waals surface area contributed by atoms with Crippen LogP contribution in [-0.4, -0.2) is 18.4 Å². The van der Waals surface area contributed by atoms with Crippen LogP contribution < -0.4 is 0 Å². The van der Waals surface area contributed by atoms with Gasteiger partial charge < -0.3 is 4.72 Å². The molecule has 0 saturated carbocycles. The molecule has 0 N–H and O–H groups in total. The zero-order chi connectivity index (χ0) is 26.0. The molecule has 0 fully saturated rings. The van der Waals surface area contributed by atoms with E-state index in [-0.39, 0.29) is 11.3 Å². The molecule has 4 aromatic rings. The van der Waals surface area contributed by atoms with Crippen molar-refractivity contribution in [3.05, 3.63) is 113 Å². The minimum Gasteiger partial charge on any atom is -0.265 e. The van der Waals surface area contributed by atoms with Gasteiger partial charge in [-0.2, -0.15) is 0 Å². The molecule has 186 valence electrons. The van der Waals surface area contributed by atoms with Gasteiger partial charge in [0.05, 0.1) is 5.69 Å². The van der Waals surface area contributed by atoms with Crippen LogP contribution in [0.5, 0.6) is 0 Å². The molecule has 4 rings (SSSR count). The Labute approximate surface area is 210 Å². The summed E-state index contributed by atoms with van der Waals surface area (Å²) in [6.45, 7) is 0.800. The van der Waals surface area contributed by atoms with Gasteiger partial charge in [0.1, 0.15) is 20.7 Å². The van der Waals surface area contributed by atoms with Crippen molar-refractivity contribution in [2.24, 2.45) is 0 Å². The van der Waals surface area contributed by atoms with E-state index >= 15 is 0 Å². The summed E-state index contributed by atoms with van der Waals surface area (Å²) < 4.78 is 93.1. The van der Waals surface area contributed by atoms with E-state index in [2.05, 4.69) is 14.7 Å². The smallest absolute Gasteiger partial charge is 0.0267 e. The first kappa shape index (κ1) is 28.0. The Morgan fingerprint density at radius 3 is 1.89 bits per heavy atom. The predicted molar refractivity (Wildman–Crippen MR) is 116 cm³/mol. The van der Waals surface area contributed by atoms with Gasteiger partial charge in [-0.3, -0.25) is 9.97 Å². The zero-order valence-electron chi connectivity index (χ0n) is 17.8. The van der Waals surface area contributed by atoms with Crippen molar-refractivity contribution in [3.63, 3.8) is 0 Å². The van der Waals surface area contributed by atoms with Gasteiger partial charge in [-0.25, -0.2) is 26.0 Å². The minimum atomic E-state index is -5.03. The summed E-state index contributed by atoms with van der Waals surface area (Å²) in [6, 6.07) is 16.5. The Kier molecular flexibility index (Phi) is 10.4. The van der Waals surface area contributed by atoms with Crippen LogP contribution in [0.3, 0.4) is 0 Å². The number of aromatic nitrogens is 2. The van der Waals surface area contributed by atoms with Gasteiger partial charge in [0.25, 0.3) is 0 Å². The zero-order valence-corrected chi connectivity index (χ0v) is 20.1. The van der Waals surface area contributed by atoms with Crippen LogP contribution >= 0.6 is 0 Å². The molecule has 0 radical (unpaired) electrons. The number of pyridine rings is 2. The molecule has 0 atom stereocenters. The van der Waals surface area contributed by atoms with Gasteiger partial charge in [0.15, 0.2) is 17.5 Å². The van der Waals surface area contributed by atoms with Gasteiger partial charge in [0.2, 0.25) is 0 Å². The number of rotatable bonds is 4. The molecule has 2 heterocycles. The van der Waals surface area contributed by atoms with E-state index in [9.17, 15) is 29.2 Å². The minimum absolute atomic E-state index is 0.155. The van der Waals surface area contributed by atoms with Gasteiger partial charge in [-0.1, -0.05) is 36.4 Å². The van der Waals surface area contributed by atoms with E-state index in [1.807, 2.05) is 18.2 Å². The van der Waals surface area contributed by atoms with Crippen molar-refractivity contribution in [2.45, 2.75) is 11.8 Å². The van der Waals surface area contributed by atoms with E-state index in [0.717, 1.165) is 6.92 Å². The SMILES string of the molecule is Cc1c(F)c(F)c(F)c(S(=O)(=O)[N-]c2ccccc2-c2ccccn2)c1F.[F][Pd+].c1ccncc1. The topological polar surface area (TPSA) is 74.0 Å². The van der Waals surface area contributed by atoms with Crippen LogP contribution in [0.15, 0.2) is 84.1 Å². The second-order valence-corrected chi connectivity index (χ2v) is 8.07. The molecule has 35 heavy (non-hydrogen) atoms. The molecule has 0 spiro atoms. The number of hydrogen-bond acceptors (Lipinski definition) is 4. The van der Waals surface area contributed by atoms with Crippen molar-refractivity contribution < 1.29 is 48.9 Å². The van der Waals surface area contributed by atoms with E-state index in [4.69, 9.17) is 0 Å².